The summed E-state index contributed by atoms with van der Waals surface area (Å²) in [5.74, 6) is -0.325. The van der Waals surface area contributed by atoms with Crippen molar-refractivity contribution in [3.05, 3.63) is 29.8 Å². The van der Waals surface area contributed by atoms with E-state index in [1.165, 1.54) is 12.1 Å². The molecular formula is C15H21F3N2O2. The Bertz CT molecular complexity index is 475. The van der Waals surface area contributed by atoms with Crippen LogP contribution < -0.4 is 10.1 Å². The lowest BCUT2D eigenvalue weighted by Crippen LogP contribution is -2.43. The van der Waals surface area contributed by atoms with Gasteiger partial charge in [0.15, 0.2) is 0 Å². The first-order chi connectivity index (χ1) is 10.2. The number of hydrogen-bond donors (Lipinski definition) is 1. The summed E-state index contributed by atoms with van der Waals surface area (Å²) in [5, 5.41) is 2.81. The number of alkyl halides is 3. The molecule has 0 saturated carbocycles. The van der Waals surface area contributed by atoms with Gasteiger partial charge in [-0.3, -0.25) is 9.69 Å². The van der Waals surface area contributed by atoms with Crippen LogP contribution in [0, 0.1) is 0 Å². The molecule has 1 aromatic rings. The Kier molecular flexibility index (Phi) is 6.67. The average Bonchev–Trinajstić information content (AvgIpc) is 2.44. The lowest BCUT2D eigenvalue weighted by Gasteiger charge is -2.24. The minimum absolute atomic E-state index is 0.0682. The van der Waals surface area contributed by atoms with Crippen LogP contribution in [-0.4, -0.2) is 36.8 Å². The third kappa shape index (κ3) is 6.34. The van der Waals surface area contributed by atoms with E-state index in [9.17, 15) is 18.0 Å². The number of carbonyl (C=O) groups excluding carboxylic acids is 1. The Labute approximate surface area is 128 Å². The first-order valence-corrected chi connectivity index (χ1v) is 7.05. The van der Waals surface area contributed by atoms with Crippen molar-refractivity contribution in [1.29, 1.82) is 0 Å². The van der Waals surface area contributed by atoms with Gasteiger partial charge in [0.25, 0.3) is 0 Å². The quantitative estimate of drug-likeness (QED) is 0.840. The standard InChI is InChI=1S/C15H21F3N2O2/c1-4-9-19-14(21)11(2)20(3)10-12-5-7-13(8-6-12)22-15(16,17)18/h5-8,11H,4,9-10H2,1-3H3,(H,19,21). The summed E-state index contributed by atoms with van der Waals surface area (Å²) in [6, 6.07) is 5.30. The molecule has 0 saturated heterocycles. The highest BCUT2D eigenvalue weighted by Crippen LogP contribution is 2.23. The van der Waals surface area contributed by atoms with Crippen LogP contribution in [-0.2, 0) is 11.3 Å². The number of likely N-dealkylation sites (N-methyl/N-ethyl adjacent to an activating group) is 1. The average molecular weight is 318 g/mol. The van der Waals surface area contributed by atoms with Gasteiger partial charge >= 0.3 is 6.36 Å². The molecule has 0 aromatic heterocycles. The minimum Gasteiger partial charge on any atom is -0.406 e. The zero-order valence-electron chi connectivity index (χ0n) is 12.9. The number of halogens is 3. The highest BCUT2D eigenvalue weighted by atomic mass is 19.4. The van der Waals surface area contributed by atoms with Gasteiger partial charge in [-0.2, -0.15) is 0 Å². The van der Waals surface area contributed by atoms with Crippen molar-refractivity contribution < 1.29 is 22.7 Å². The molecule has 1 N–H and O–H groups in total. The monoisotopic (exact) mass is 318 g/mol. The molecule has 124 valence electrons. The van der Waals surface area contributed by atoms with E-state index in [-0.39, 0.29) is 17.7 Å². The number of hydrogen-bond acceptors (Lipinski definition) is 3. The third-order valence-corrected chi connectivity index (χ3v) is 3.18. The second kappa shape index (κ2) is 8.03. The summed E-state index contributed by atoms with van der Waals surface area (Å²) < 4.78 is 40.0. The number of ether oxygens (including phenoxy) is 1. The molecule has 0 bridgehead atoms. The predicted molar refractivity (Wildman–Crippen MR) is 77.4 cm³/mol. The molecule has 1 rings (SSSR count). The Morgan fingerprint density at radius 1 is 1.32 bits per heavy atom. The van der Waals surface area contributed by atoms with Gasteiger partial charge in [-0.15, -0.1) is 13.2 Å². The number of nitrogens with one attached hydrogen (secondary N) is 1. The van der Waals surface area contributed by atoms with Crippen molar-refractivity contribution in [3.63, 3.8) is 0 Å². The van der Waals surface area contributed by atoms with Gasteiger partial charge < -0.3 is 10.1 Å². The lowest BCUT2D eigenvalue weighted by atomic mass is 10.2. The largest absolute Gasteiger partial charge is 0.573 e. The van der Waals surface area contributed by atoms with E-state index in [0.717, 1.165) is 12.0 Å². The van der Waals surface area contributed by atoms with Crippen molar-refractivity contribution in [2.75, 3.05) is 13.6 Å². The van der Waals surface area contributed by atoms with E-state index in [2.05, 4.69) is 10.1 Å². The highest BCUT2D eigenvalue weighted by Gasteiger charge is 2.31. The topological polar surface area (TPSA) is 41.6 Å². The Morgan fingerprint density at radius 3 is 2.41 bits per heavy atom. The molecular weight excluding hydrogens is 297 g/mol. The number of benzene rings is 1. The summed E-state index contributed by atoms with van der Waals surface area (Å²) in [5.41, 5.74) is 0.798. The lowest BCUT2D eigenvalue weighted by molar-refractivity contribution is -0.274. The van der Waals surface area contributed by atoms with Crippen LogP contribution in [0.5, 0.6) is 5.75 Å². The summed E-state index contributed by atoms with van der Waals surface area (Å²) in [6.07, 6.45) is -3.83. The van der Waals surface area contributed by atoms with Gasteiger partial charge in [0.05, 0.1) is 6.04 Å². The Morgan fingerprint density at radius 2 is 1.91 bits per heavy atom. The maximum atomic E-state index is 12.1. The molecule has 0 fully saturated rings. The maximum Gasteiger partial charge on any atom is 0.573 e. The zero-order chi connectivity index (χ0) is 16.8. The van der Waals surface area contributed by atoms with Gasteiger partial charge in [-0.1, -0.05) is 19.1 Å². The molecule has 1 amide bonds. The smallest absolute Gasteiger partial charge is 0.406 e. The van der Waals surface area contributed by atoms with Crippen molar-refractivity contribution in [2.24, 2.45) is 0 Å². The fraction of sp³-hybridized carbons (Fsp3) is 0.533. The second-order valence-corrected chi connectivity index (χ2v) is 5.07. The molecule has 0 aliphatic carbocycles. The molecule has 0 heterocycles. The highest BCUT2D eigenvalue weighted by molar-refractivity contribution is 5.81. The summed E-state index contributed by atoms with van der Waals surface area (Å²) in [6.45, 7) is 4.83. The fourth-order valence-electron chi connectivity index (χ4n) is 1.82. The molecule has 0 radical (unpaired) electrons. The Hall–Kier alpha value is -1.76. The van der Waals surface area contributed by atoms with Crippen molar-refractivity contribution >= 4 is 5.91 Å². The second-order valence-electron chi connectivity index (χ2n) is 5.07. The number of nitrogens with zero attached hydrogens (tertiary/aromatic N) is 1. The first kappa shape index (κ1) is 18.3. The number of carbonyl (C=O) groups is 1. The van der Waals surface area contributed by atoms with Crippen LogP contribution in [0.15, 0.2) is 24.3 Å². The van der Waals surface area contributed by atoms with Crippen LogP contribution in [0.1, 0.15) is 25.8 Å². The third-order valence-electron chi connectivity index (χ3n) is 3.18. The first-order valence-electron chi connectivity index (χ1n) is 7.05. The predicted octanol–water partition coefficient (Wildman–Crippen LogP) is 2.93. The van der Waals surface area contributed by atoms with E-state index < -0.39 is 6.36 Å². The van der Waals surface area contributed by atoms with Gasteiger partial charge in [-0.25, -0.2) is 0 Å². The van der Waals surface area contributed by atoms with E-state index in [0.29, 0.717) is 13.1 Å². The van der Waals surface area contributed by atoms with Gasteiger partial charge in [0, 0.05) is 13.1 Å². The maximum absolute atomic E-state index is 12.1. The molecule has 4 nitrogen and oxygen atoms in total. The van der Waals surface area contributed by atoms with E-state index in [1.54, 1.807) is 26.1 Å². The van der Waals surface area contributed by atoms with Crippen LogP contribution in [0.3, 0.4) is 0 Å². The SMILES string of the molecule is CCCNC(=O)C(C)N(C)Cc1ccc(OC(F)(F)F)cc1. The molecule has 22 heavy (non-hydrogen) atoms. The van der Waals surface area contributed by atoms with Gasteiger partial charge in [0.2, 0.25) is 5.91 Å². The van der Waals surface area contributed by atoms with Gasteiger partial charge in [-0.05, 0) is 38.1 Å². The molecule has 0 spiro atoms. The summed E-state index contributed by atoms with van der Waals surface area (Å²) in [7, 11) is 1.79. The number of amides is 1. The fourth-order valence-corrected chi connectivity index (χ4v) is 1.82. The Balaban J connectivity index is 2.57. The van der Waals surface area contributed by atoms with Crippen molar-refractivity contribution in [1.82, 2.24) is 10.2 Å². The zero-order valence-corrected chi connectivity index (χ0v) is 12.9. The molecule has 0 aliphatic heterocycles. The van der Waals surface area contributed by atoms with Crippen LogP contribution in [0.4, 0.5) is 13.2 Å². The molecule has 0 aliphatic rings. The van der Waals surface area contributed by atoms with Crippen LogP contribution >= 0.6 is 0 Å². The summed E-state index contributed by atoms with van der Waals surface area (Å²) in [4.78, 5) is 13.7. The normalized spacial score (nSPS) is 13.0. The minimum atomic E-state index is -4.69. The number of rotatable bonds is 7. The van der Waals surface area contributed by atoms with E-state index >= 15 is 0 Å². The van der Waals surface area contributed by atoms with Crippen molar-refractivity contribution in [3.8, 4) is 5.75 Å². The van der Waals surface area contributed by atoms with Crippen molar-refractivity contribution in [2.45, 2.75) is 39.2 Å². The molecule has 1 unspecified atom stereocenters. The molecule has 1 atom stereocenters. The van der Waals surface area contributed by atoms with Crippen LogP contribution in [0.2, 0.25) is 0 Å². The summed E-state index contributed by atoms with van der Waals surface area (Å²) >= 11 is 0. The van der Waals surface area contributed by atoms with E-state index in [4.69, 9.17) is 0 Å². The van der Waals surface area contributed by atoms with E-state index in [1.807, 2.05) is 11.8 Å². The molecule has 7 heteroatoms. The van der Waals surface area contributed by atoms with Crippen LogP contribution in [0.25, 0.3) is 0 Å². The van der Waals surface area contributed by atoms with Gasteiger partial charge in [0.1, 0.15) is 5.75 Å². The molecule has 1 aromatic carbocycles.